The SMILES string of the molecule is COc1ccc(C(=O)N2CCC[C@H](c3nc4ccccc4cc3N)C2)cc1Cn1cccn1. The number of hydrogen-bond donors (Lipinski definition) is 1. The molecule has 0 saturated carbocycles. The van der Waals surface area contributed by atoms with E-state index in [1.807, 2.05) is 70.4 Å². The quantitative estimate of drug-likeness (QED) is 0.504. The van der Waals surface area contributed by atoms with Gasteiger partial charge in [-0.15, -0.1) is 0 Å². The van der Waals surface area contributed by atoms with E-state index in [1.165, 1.54) is 0 Å². The summed E-state index contributed by atoms with van der Waals surface area (Å²) in [5.41, 5.74) is 10.5. The number of aromatic nitrogens is 3. The third kappa shape index (κ3) is 4.26. The number of rotatable bonds is 5. The molecule has 4 aromatic rings. The number of pyridine rings is 1. The van der Waals surface area contributed by atoms with Crippen LogP contribution in [0.25, 0.3) is 10.9 Å². The molecule has 1 amide bonds. The number of hydrogen-bond acceptors (Lipinski definition) is 5. The Bertz CT molecular complexity index is 1290. The molecule has 0 radical (unpaired) electrons. The van der Waals surface area contributed by atoms with Gasteiger partial charge in [-0.1, -0.05) is 18.2 Å². The lowest BCUT2D eigenvalue weighted by Crippen LogP contribution is -2.39. The number of amides is 1. The molecular formula is C26H27N5O2. The van der Waals surface area contributed by atoms with Gasteiger partial charge in [0.2, 0.25) is 0 Å². The van der Waals surface area contributed by atoms with Crippen molar-refractivity contribution < 1.29 is 9.53 Å². The summed E-state index contributed by atoms with van der Waals surface area (Å²) in [4.78, 5) is 20.2. The Balaban J connectivity index is 1.39. The summed E-state index contributed by atoms with van der Waals surface area (Å²) in [6.07, 6.45) is 5.51. The first-order valence-electron chi connectivity index (χ1n) is 11.2. The molecule has 0 unspecified atom stereocenters. The van der Waals surface area contributed by atoms with Crippen molar-refractivity contribution in [3.63, 3.8) is 0 Å². The first kappa shape index (κ1) is 21.0. The van der Waals surface area contributed by atoms with Crippen LogP contribution in [0.3, 0.4) is 0 Å². The van der Waals surface area contributed by atoms with Gasteiger partial charge in [0, 0.05) is 47.9 Å². The van der Waals surface area contributed by atoms with Gasteiger partial charge >= 0.3 is 0 Å². The van der Waals surface area contributed by atoms with E-state index in [0.717, 1.165) is 47.3 Å². The Morgan fingerprint density at radius 1 is 1.18 bits per heavy atom. The number of nitrogen functional groups attached to an aromatic ring is 1. The van der Waals surface area contributed by atoms with E-state index in [4.69, 9.17) is 15.5 Å². The van der Waals surface area contributed by atoms with E-state index in [9.17, 15) is 4.79 Å². The lowest BCUT2D eigenvalue weighted by molar-refractivity contribution is 0.0706. The van der Waals surface area contributed by atoms with Crippen molar-refractivity contribution in [3.05, 3.63) is 83.8 Å². The number of para-hydroxylation sites is 1. The van der Waals surface area contributed by atoms with Gasteiger partial charge in [-0.3, -0.25) is 14.5 Å². The number of benzene rings is 2. The standard InChI is InChI=1S/C26H27N5O2/c1-33-24-10-9-19(14-21(24)17-31-13-5-11-28-31)26(32)30-12-4-7-20(16-30)25-22(27)15-18-6-2-3-8-23(18)29-25/h2-3,5-6,8-11,13-15,20H,4,7,12,16-17,27H2,1H3/t20-/m0/s1. The van der Waals surface area contributed by atoms with Crippen molar-refractivity contribution in [1.29, 1.82) is 0 Å². The summed E-state index contributed by atoms with van der Waals surface area (Å²) < 4.78 is 7.33. The fourth-order valence-corrected chi connectivity index (χ4v) is 4.65. The predicted octanol–water partition coefficient (Wildman–Crippen LogP) is 4.09. The van der Waals surface area contributed by atoms with Gasteiger partial charge in [-0.2, -0.15) is 5.10 Å². The highest BCUT2D eigenvalue weighted by Gasteiger charge is 2.28. The van der Waals surface area contributed by atoms with Crippen molar-refractivity contribution in [3.8, 4) is 5.75 Å². The molecule has 168 valence electrons. The zero-order chi connectivity index (χ0) is 22.8. The highest BCUT2D eigenvalue weighted by atomic mass is 16.5. The second-order valence-corrected chi connectivity index (χ2v) is 8.48. The van der Waals surface area contributed by atoms with Crippen molar-refractivity contribution in [2.24, 2.45) is 0 Å². The van der Waals surface area contributed by atoms with Crippen LogP contribution >= 0.6 is 0 Å². The number of ether oxygens (including phenoxy) is 1. The summed E-state index contributed by atoms with van der Waals surface area (Å²) in [5, 5.41) is 5.30. The van der Waals surface area contributed by atoms with Gasteiger partial charge in [0.1, 0.15) is 5.75 Å². The van der Waals surface area contributed by atoms with Crippen molar-refractivity contribution in [2.45, 2.75) is 25.3 Å². The third-order valence-electron chi connectivity index (χ3n) is 6.30. The normalized spacial score (nSPS) is 16.2. The maximum Gasteiger partial charge on any atom is 0.253 e. The van der Waals surface area contributed by atoms with Crippen LogP contribution in [-0.4, -0.2) is 45.8 Å². The molecule has 0 aliphatic carbocycles. The highest BCUT2D eigenvalue weighted by molar-refractivity contribution is 5.94. The number of nitrogens with two attached hydrogens (primary N) is 1. The van der Waals surface area contributed by atoms with Crippen LogP contribution in [-0.2, 0) is 6.54 Å². The van der Waals surface area contributed by atoms with E-state index >= 15 is 0 Å². The minimum Gasteiger partial charge on any atom is -0.496 e. The molecule has 1 atom stereocenters. The van der Waals surface area contributed by atoms with E-state index in [2.05, 4.69) is 5.10 Å². The predicted molar refractivity (Wildman–Crippen MR) is 128 cm³/mol. The summed E-state index contributed by atoms with van der Waals surface area (Å²) >= 11 is 0. The topological polar surface area (TPSA) is 86.3 Å². The second-order valence-electron chi connectivity index (χ2n) is 8.48. The minimum atomic E-state index is 0.0171. The number of piperidine rings is 1. The van der Waals surface area contributed by atoms with Crippen LogP contribution in [0.1, 0.15) is 40.4 Å². The summed E-state index contributed by atoms with van der Waals surface area (Å²) in [6, 6.07) is 17.5. The molecule has 1 saturated heterocycles. The monoisotopic (exact) mass is 441 g/mol. The summed E-state index contributed by atoms with van der Waals surface area (Å²) in [6.45, 7) is 1.87. The smallest absolute Gasteiger partial charge is 0.253 e. The molecule has 0 bridgehead atoms. The summed E-state index contributed by atoms with van der Waals surface area (Å²) in [7, 11) is 1.64. The summed E-state index contributed by atoms with van der Waals surface area (Å²) in [5.74, 6) is 0.879. The van der Waals surface area contributed by atoms with Gasteiger partial charge in [0.05, 0.1) is 30.6 Å². The van der Waals surface area contributed by atoms with E-state index in [-0.39, 0.29) is 11.8 Å². The molecule has 33 heavy (non-hydrogen) atoms. The minimum absolute atomic E-state index is 0.0171. The Morgan fingerprint density at radius 3 is 2.88 bits per heavy atom. The van der Waals surface area contributed by atoms with E-state index in [1.54, 1.807) is 13.3 Å². The molecule has 7 heteroatoms. The number of methoxy groups -OCH3 is 1. The lowest BCUT2D eigenvalue weighted by atomic mass is 9.92. The van der Waals surface area contributed by atoms with Crippen LogP contribution in [0.4, 0.5) is 5.69 Å². The van der Waals surface area contributed by atoms with E-state index < -0.39 is 0 Å². The maximum absolute atomic E-state index is 13.4. The fourth-order valence-electron chi connectivity index (χ4n) is 4.65. The van der Waals surface area contributed by atoms with E-state index in [0.29, 0.717) is 24.3 Å². The first-order valence-corrected chi connectivity index (χ1v) is 11.2. The average Bonchev–Trinajstić information content (AvgIpc) is 3.36. The molecule has 1 fully saturated rings. The lowest BCUT2D eigenvalue weighted by Gasteiger charge is -2.33. The Morgan fingerprint density at radius 2 is 2.06 bits per heavy atom. The van der Waals surface area contributed by atoms with Gasteiger partial charge < -0.3 is 15.4 Å². The molecule has 2 aromatic heterocycles. The van der Waals surface area contributed by atoms with Crippen LogP contribution in [0.15, 0.2) is 67.0 Å². The Labute approximate surface area is 192 Å². The second kappa shape index (κ2) is 8.94. The number of fused-ring (bicyclic) bond motifs is 1. The van der Waals surface area contributed by atoms with Crippen molar-refractivity contribution >= 4 is 22.5 Å². The molecule has 2 N–H and O–H groups in total. The van der Waals surface area contributed by atoms with Crippen molar-refractivity contribution in [2.75, 3.05) is 25.9 Å². The molecule has 2 aromatic carbocycles. The molecule has 3 heterocycles. The van der Waals surface area contributed by atoms with Crippen LogP contribution < -0.4 is 10.5 Å². The molecular weight excluding hydrogens is 414 g/mol. The van der Waals surface area contributed by atoms with Crippen molar-refractivity contribution in [1.82, 2.24) is 19.7 Å². The van der Waals surface area contributed by atoms with Gasteiger partial charge in [0.15, 0.2) is 0 Å². The molecule has 0 spiro atoms. The van der Waals surface area contributed by atoms with Gasteiger partial charge in [-0.25, -0.2) is 0 Å². The number of nitrogens with zero attached hydrogens (tertiary/aromatic N) is 4. The third-order valence-corrected chi connectivity index (χ3v) is 6.30. The van der Waals surface area contributed by atoms with Gasteiger partial charge in [-0.05, 0) is 49.2 Å². The fraction of sp³-hybridized carbons (Fsp3) is 0.269. The van der Waals surface area contributed by atoms with Crippen LogP contribution in [0.5, 0.6) is 5.75 Å². The largest absolute Gasteiger partial charge is 0.496 e. The van der Waals surface area contributed by atoms with Crippen LogP contribution in [0, 0.1) is 0 Å². The van der Waals surface area contributed by atoms with Gasteiger partial charge in [0.25, 0.3) is 5.91 Å². The average molecular weight is 442 g/mol. The number of carbonyl (C=O) groups excluding carboxylic acids is 1. The maximum atomic E-state index is 13.4. The molecule has 5 rings (SSSR count). The zero-order valence-electron chi connectivity index (χ0n) is 18.6. The first-order chi connectivity index (χ1) is 16.1. The zero-order valence-corrected chi connectivity index (χ0v) is 18.6. The molecule has 1 aliphatic rings. The molecule has 1 aliphatic heterocycles. The highest BCUT2D eigenvalue weighted by Crippen LogP contribution is 2.32. The Kier molecular flexibility index (Phi) is 5.69. The van der Waals surface area contributed by atoms with Crippen LogP contribution in [0.2, 0.25) is 0 Å². The molecule has 7 nitrogen and oxygen atoms in total. The number of carbonyl (C=O) groups is 1. The number of likely N-dealkylation sites (tertiary alicyclic amines) is 1. The number of anilines is 1. The Hall–Kier alpha value is -3.87.